The Labute approximate surface area is 126 Å². The van der Waals surface area contributed by atoms with Crippen molar-refractivity contribution < 1.29 is 9.13 Å². The average molecular weight is 287 g/mol. The average Bonchev–Trinajstić information content (AvgIpc) is 2.52. The molecular formula is C18H22FNO. The number of benzene rings is 1. The molecule has 1 aliphatic rings. The van der Waals surface area contributed by atoms with E-state index < -0.39 is 0 Å². The second kappa shape index (κ2) is 8.59. The van der Waals surface area contributed by atoms with Gasteiger partial charge >= 0.3 is 0 Å². The Balaban J connectivity index is 1.64. The molecule has 112 valence electrons. The lowest BCUT2D eigenvalue weighted by Crippen LogP contribution is -2.21. The molecule has 2 nitrogen and oxygen atoms in total. The topological polar surface area (TPSA) is 33.0 Å². The maximum atomic E-state index is 12.8. The largest absolute Gasteiger partial charge is 0.374 e. The summed E-state index contributed by atoms with van der Waals surface area (Å²) in [5.41, 5.74) is 1.03. The Morgan fingerprint density at radius 1 is 1.19 bits per heavy atom. The van der Waals surface area contributed by atoms with Gasteiger partial charge in [-0.05, 0) is 62.1 Å². The van der Waals surface area contributed by atoms with Gasteiger partial charge in [-0.3, -0.25) is 0 Å². The highest BCUT2D eigenvalue weighted by atomic mass is 19.1. The fourth-order valence-corrected chi connectivity index (χ4v) is 2.85. The van der Waals surface area contributed by atoms with Crippen LogP contribution in [0.25, 0.3) is 0 Å². The van der Waals surface area contributed by atoms with E-state index >= 15 is 0 Å². The lowest BCUT2D eigenvalue weighted by Gasteiger charge is -2.28. The molecule has 0 radical (unpaired) electrons. The molecule has 1 aromatic rings. The van der Waals surface area contributed by atoms with Crippen molar-refractivity contribution in [2.24, 2.45) is 5.92 Å². The molecular weight excluding hydrogens is 265 g/mol. The summed E-state index contributed by atoms with van der Waals surface area (Å²) in [6, 6.07) is 8.54. The van der Waals surface area contributed by atoms with E-state index in [4.69, 9.17) is 10.00 Å². The zero-order valence-corrected chi connectivity index (χ0v) is 12.3. The van der Waals surface area contributed by atoms with Crippen molar-refractivity contribution in [2.75, 3.05) is 0 Å². The number of hydrogen-bond acceptors (Lipinski definition) is 2. The van der Waals surface area contributed by atoms with Crippen LogP contribution in [0, 0.1) is 23.1 Å². The van der Waals surface area contributed by atoms with E-state index in [0.717, 1.165) is 30.7 Å². The maximum Gasteiger partial charge on any atom is 0.123 e. The first-order valence-electron chi connectivity index (χ1n) is 7.68. The lowest BCUT2D eigenvalue weighted by atomic mass is 9.84. The minimum absolute atomic E-state index is 0.204. The van der Waals surface area contributed by atoms with Crippen molar-refractivity contribution >= 4 is 0 Å². The summed E-state index contributed by atoms with van der Waals surface area (Å²) < 4.78 is 18.7. The molecule has 1 aliphatic carbocycles. The van der Waals surface area contributed by atoms with E-state index in [-0.39, 0.29) is 5.82 Å². The second-order valence-electron chi connectivity index (χ2n) is 5.69. The van der Waals surface area contributed by atoms with Gasteiger partial charge in [-0.15, -0.1) is 0 Å². The molecule has 0 bridgehead atoms. The predicted octanol–water partition coefficient (Wildman–Crippen LogP) is 4.76. The quantitative estimate of drug-likeness (QED) is 0.707. The monoisotopic (exact) mass is 287 g/mol. The van der Waals surface area contributed by atoms with Crippen LogP contribution >= 0.6 is 0 Å². The van der Waals surface area contributed by atoms with E-state index in [1.54, 1.807) is 18.2 Å². The van der Waals surface area contributed by atoms with Gasteiger partial charge in [0, 0.05) is 6.08 Å². The number of halogens is 1. The SMILES string of the molecule is N#C/C=C/CCC1CCC(OCc2ccc(F)cc2)CC1. The Morgan fingerprint density at radius 2 is 1.90 bits per heavy atom. The van der Waals surface area contributed by atoms with Gasteiger partial charge in [0.1, 0.15) is 5.82 Å². The molecule has 0 aliphatic heterocycles. The van der Waals surface area contributed by atoms with Crippen LogP contribution in [0.3, 0.4) is 0 Å². The summed E-state index contributed by atoms with van der Waals surface area (Å²) in [6.45, 7) is 0.570. The third kappa shape index (κ3) is 5.69. The summed E-state index contributed by atoms with van der Waals surface area (Å²) in [7, 11) is 0. The van der Waals surface area contributed by atoms with Crippen LogP contribution < -0.4 is 0 Å². The van der Waals surface area contributed by atoms with Crippen LogP contribution in [-0.4, -0.2) is 6.10 Å². The van der Waals surface area contributed by atoms with Crippen molar-refractivity contribution in [3.8, 4) is 6.07 Å². The van der Waals surface area contributed by atoms with Gasteiger partial charge in [-0.25, -0.2) is 4.39 Å². The minimum atomic E-state index is -0.204. The van der Waals surface area contributed by atoms with Gasteiger partial charge < -0.3 is 4.74 Å². The molecule has 1 aromatic carbocycles. The molecule has 1 saturated carbocycles. The standard InChI is InChI=1S/C18H22FNO/c19-17-9-5-16(6-10-17)14-21-18-11-7-15(8-12-18)4-2-1-3-13-20/h1,3,5-6,9-10,15,18H,2,4,7-8,11-12,14H2/b3-1+. The van der Waals surface area contributed by atoms with Crippen molar-refractivity contribution in [2.45, 2.75) is 51.2 Å². The first-order chi connectivity index (χ1) is 10.3. The molecule has 21 heavy (non-hydrogen) atoms. The number of hydrogen-bond donors (Lipinski definition) is 0. The van der Waals surface area contributed by atoms with Crippen LogP contribution in [0.1, 0.15) is 44.1 Å². The molecule has 0 spiro atoms. The Hall–Kier alpha value is -1.66. The smallest absolute Gasteiger partial charge is 0.123 e. The van der Waals surface area contributed by atoms with Gasteiger partial charge in [0.05, 0.1) is 18.8 Å². The fraction of sp³-hybridized carbons (Fsp3) is 0.500. The summed E-state index contributed by atoms with van der Waals surface area (Å²) in [5.74, 6) is 0.559. The van der Waals surface area contributed by atoms with Gasteiger partial charge in [-0.2, -0.15) is 5.26 Å². The maximum absolute atomic E-state index is 12.8. The first-order valence-corrected chi connectivity index (χ1v) is 7.68. The number of allylic oxidation sites excluding steroid dienone is 2. The summed E-state index contributed by atoms with van der Waals surface area (Å²) in [5, 5.41) is 8.43. The third-order valence-corrected chi connectivity index (χ3v) is 4.13. The van der Waals surface area contributed by atoms with Crippen molar-refractivity contribution in [3.63, 3.8) is 0 Å². The highest BCUT2D eigenvalue weighted by Crippen LogP contribution is 2.30. The second-order valence-corrected chi connectivity index (χ2v) is 5.69. The molecule has 0 amide bonds. The minimum Gasteiger partial charge on any atom is -0.374 e. The van der Waals surface area contributed by atoms with Crippen molar-refractivity contribution in [1.82, 2.24) is 0 Å². The zero-order chi connectivity index (χ0) is 14.9. The zero-order valence-electron chi connectivity index (χ0n) is 12.3. The predicted molar refractivity (Wildman–Crippen MR) is 80.9 cm³/mol. The Morgan fingerprint density at radius 3 is 2.57 bits per heavy atom. The van der Waals surface area contributed by atoms with E-state index in [1.165, 1.54) is 31.4 Å². The Kier molecular flexibility index (Phi) is 6.43. The number of nitriles is 1. The van der Waals surface area contributed by atoms with E-state index in [2.05, 4.69) is 0 Å². The van der Waals surface area contributed by atoms with Gasteiger partial charge in [0.2, 0.25) is 0 Å². The molecule has 0 N–H and O–H groups in total. The number of nitrogens with zero attached hydrogens (tertiary/aromatic N) is 1. The first kappa shape index (κ1) is 15.7. The molecule has 0 unspecified atom stereocenters. The van der Waals surface area contributed by atoms with E-state index in [1.807, 2.05) is 12.1 Å². The van der Waals surface area contributed by atoms with Crippen LogP contribution in [-0.2, 0) is 11.3 Å². The van der Waals surface area contributed by atoms with Gasteiger partial charge in [-0.1, -0.05) is 18.2 Å². The molecule has 3 heteroatoms. The summed E-state index contributed by atoms with van der Waals surface area (Å²) in [4.78, 5) is 0. The molecule has 0 saturated heterocycles. The van der Waals surface area contributed by atoms with Gasteiger partial charge in [0.15, 0.2) is 0 Å². The molecule has 0 aromatic heterocycles. The molecule has 1 fully saturated rings. The highest BCUT2D eigenvalue weighted by Gasteiger charge is 2.21. The molecule has 2 rings (SSSR count). The van der Waals surface area contributed by atoms with E-state index in [9.17, 15) is 4.39 Å². The van der Waals surface area contributed by atoms with E-state index in [0.29, 0.717) is 12.7 Å². The lowest BCUT2D eigenvalue weighted by molar-refractivity contribution is 0.00645. The van der Waals surface area contributed by atoms with Crippen LogP contribution in [0.2, 0.25) is 0 Å². The summed E-state index contributed by atoms with van der Waals surface area (Å²) >= 11 is 0. The molecule has 0 atom stereocenters. The highest BCUT2D eigenvalue weighted by molar-refractivity contribution is 5.15. The van der Waals surface area contributed by atoms with Crippen LogP contribution in [0.15, 0.2) is 36.4 Å². The fourth-order valence-electron chi connectivity index (χ4n) is 2.85. The number of rotatable bonds is 6. The normalized spacial score (nSPS) is 22.3. The molecule has 0 heterocycles. The summed E-state index contributed by atoms with van der Waals surface area (Å²) in [6.07, 6.45) is 10.6. The van der Waals surface area contributed by atoms with Crippen molar-refractivity contribution in [3.05, 3.63) is 47.8 Å². The Bertz CT molecular complexity index is 481. The third-order valence-electron chi connectivity index (χ3n) is 4.13. The van der Waals surface area contributed by atoms with Crippen molar-refractivity contribution in [1.29, 1.82) is 5.26 Å². The number of ether oxygens (including phenoxy) is 1. The van der Waals surface area contributed by atoms with Crippen LogP contribution in [0.4, 0.5) is 4.39 Å². The van der Waals surface area contributed by atoms with Crippen LogP contribution in [0.5, 0.6) is 0 Å². The van der Waals surface area contributed by atoms with Gasteiger partial charge in [0.25, 0.3) is 0 Å².